The molecule has 7 heteroatoms. The van der Waals surface area contributed by atoms with Crippen LogP contribution in [0, 0.1) is 0 Å². The van der Waals surface area contributed by atoms with Crippen molar-refractivity contribution in [2.45, 2.75) is 25.1 Å². The van der Waals surface area contributed by atoms with Crippen molar-refractivity contribution in [1.29, 1.82) is 0 Å². The van der Waals surface area contributed by atoms with Crippen LogP contribution in [0.2, 0.25) is 0 Å². The number of amides is 1. The molecule has 0 spiro atoms. The normalized spacial score (nSPS) is 19.8. The first-order chi connectivity index (χ1) is 9.79. The van der Waals surface area contributed by atoms with Gasteiger partial charge in [0, 0.05) is 22.6 Å². The largest absolute Gasteiger partial charge is 0.417 e. The van der Waals surface area contributed by atoms with Gasteiger partial charge in [-0.1, -0.05) is 15.9 Å². The number of likely N-dealkylation sites (N-methyl/N-ethyl adjacent to an activating group) is 1. The Morgan fingerprint density at radius 1 is 1.48 bits per heavy atom. The van der Waals surface area contributed by atoms with E-state index in [1.807, 2.05) is 7.05 Å². The number of benzene rings is 1. The van der Waals surface area contributed by atoms with Gasteiger partial charge in [0.15, 0.2) is 0 Å². The molecule has 1 aromatic rings. The van der Waals surface area contributed by atoms with Gasteiger partial charge in [0.2, 0.25) is 0 Å². The van der Waals surface area contributed by atoms with Gasteiger partial charge in [-0.25, -0.2) is 0 Å². The SMILES string of the molecule is CN1CCCC1CNC(=O)c1ccc(Br)c(C(F)(F)F)c1. The minimum Gasteiger partial charge on any atom is -0.350 e. The summed E-state index contributed by atoms with van der Waals surface area (Å²) in [5.41, 5.74) is -0.820. The van der Waals surface area contributed by atoms with Crippen LogP contribution in [-0.4, -0.2) is 37.0 Å². The topological polar surface area (TPSA) is 32.3 Å². The molecule has 3 nitrogen and oxygen atoms in total. The van der Waals surface area contributed by atoms with Gasteiger partial charge in [-0.2, -0.15) is 13.2 Å². The van der Waals surface area contributed by atoms with E-state index in [1.165, 1.54) is 12.1 Å². The first-order valence-electron chi connectivity index (χ1n) is 6.64. The molecule has 2 rings (SSSR count). The summed E-state index contributed by atoms with van der Waals surface area (Å²) >= 11 is 2.86. The van der Waals surface area contributed by atoms with E-state index in [2.05, 4.69) is 26.1 Å². The second-order valence-corrected chi connectivity index (χ2v) is 6.03. The second kappa shape index (κ2) is 6.36. The number of carbonyl (C=O) groups excluding carboxylic acids is 1. The Bertz CT molecular complexity index is 533. The van der Waals surface area contributed by atoms with Crippen LogP contribution in [0.1, 0.15) is 28.8 Å². The molecule has 116 valence electrons. The number of rotatable bonds is 3. The molecule has 1 amide bonds. The minimum absolute atomic E-state index is 0.0196. The van der Waals surface area contributed by atoms with Crippen LogP contribution in [0.25, 0.3) is 0 Å². The van der Waals surface area contributed by atoms with E-state index in [0.717, 1.165) is 25.5 Å². The Labute approximate surface area is 129 Å². The zero-order valence-corrected chi connectivity index (χ0v) is 13.1. The third kappa shape index (κ3) is 3.97. The van der Waals surface area contributed by atoms with Gasteiger partial charge in [0.05, 0.1) is 5.56 Å². The average Bonchev–Trinajstić information content (AvgIpc) is 2.80. The maximum atomic E-state index is 12.8. The van der Waals surface area contributed by atoms with Crippen molar-refractivity contribution in [2.24, 2.45) is 0 Å². The van der Waals surface area contributed by atoms with Crippen molar-refractivity contribution in [3.63, 3.8) is 0 Å². The van der Waals surface area contributed by atoms with Gasteiger partial charge in [-0.05, 0) is 44.6 Å². The van der Waals surface area contributed by atoms with E-state index in [9.17, 15) is 18.0 Å². The third-order valence-electron chi connectivity index (χ3n) is 3.70. The maximum Gasteiger partial charge on any atom is 0.417 e. The van der Waals surface area contributed by atoms with E-state index in [4.69, 9.17) is 0 Å². The highest BCUT2D eigenvalue weighted by molar-refractivity contribution is 9.10. The average molecular weight is 365 g/mol. The Morgan fingerprint density at radius 2 is 2.19 bits per heavy atom. The van der Waals surface area contributed by atoms with Gasteiger partial charge in [0.1, 0.15) is 0 Å². The number of likely N-dealkylation sites (tertiary alicyclic amines) is 1. The highest BCUT2D eigenvalue weighted by Gasteiger charge is 2.33. The molecular weight excluding hydrogens is 349 g/mol. The summed E-state index contributed by atoms with van der Waals surface area (Å²) in [5.74, 6) is -0.478. The van der Waals surface area contributed by atoms with Crippen molar-refractivity contribution in [3.8, 4) is 0 Å². The van der Waals surface area contributed by atoms with Crippen molar-refractivity contribution in [2.75, 3.05) is 20.1 Å². The van der Waals surface area contributed by atoms with Crippen molar-refractivity contribution < 1.29 is 18.0 Å². The molecule has 1 saturated heterocycles. The summed E-state index contributed by atoms with van der Waals surface area (Å²) in [6.07, 6.45) is -2.42. The molecule has 1 unspecified atom stereocenters. The van der Waals surface area contributed by atoms with Crippen LogP contribution in [-0.2, 0) is 6.18 Å². The first-order valence-corrected chi connectivity index (χ1v) is 7.43. The van der Waals surface area contributed by atoms with Crippen LogP contribution >= 0.6 is 15.9 Å². The summed E-state index contributed by atoms with van der Waals surface area (Å²) in [5, 5.41) is 2.71. The fraction of sp³-hybridized carbons (Fsp3) is 0.500. The number of alkyl halides is 3. The Kier molecular flexibility index (Phi) is 4.93. The van der Waals surface area contributed by atoms with Crippen LogP contribution < -0.4 is 5.32 Å². The highest BCUT2D eigenvalue weighted by Crippen LogP contribution is 2.35. The van der Waals surface area contributed by atoms with Gasteiger partial charge < -0.3 is 10.2 Å². The monoisotopic (exact) mass is 364 g/mol. The molecule has 0 saturated carbocycles. The van der Waals surface area contributed by atoms with Gasteiger partial charge >= 0.3 is 6.18 Å². The van der Waals surface area contributed by atoms with Crippen LogP contribution in [0.5, 0.6) is 0 Å². The van der Waals surface area contributed by atoms with Gasteiger partial charge in [0.25, 0.3) is 5.91 Å². The van der Waals surface area contributed by atoms with E-state index >= 15 is 0 Å². The summed E-state index contributed by atoms with van der Waals surface area (Å²) in [6, 6.07) is 3.76. The Balaban J connectivity index is 2.06. The van der Waals surface area contributed by atoms with Gasteiger partial charge in [-0.15, -0.1) is 0 Å². The van der Waals surface area contributed by atoms with E-state index in [1.54, 1.807) is 0 Å². The zero-order valence-electron chi connectivity index (χ0n) is 11.5. The molecule has 0 aliphatic carbocycles. The molecule has 0 bridgehead atoms. The van der Waals surface area contributed by atoms with E-state index < -0.39 is 17.6 Å². The summed E-state index contributed by atoms with van der Waals surface area (Å²) in [7, 11) is 1.98. The van der Waals surface area contributed by atoms with E-state index in [-0.39, 0.29) is 16.1 Å². The van der Waals surface area contributed by atoms with E-state index in [0.29, 0.717) is 6.54 Å². The Hall–Kier alpha value is -1.08. The number of hydrogen-bond donors (Lipinski definition) is 1. The lowest BCUT2D eigenvalue weighted by Crippen LogP contribution is -2.38. The molecule has 1 heterocycles. The van der Waals surface area contributed by atoms with Crippen LogP contribution in [0.4, 0.5) is 13.2 Å². The Morgan fingerprint density at radius 3 is 2.76 bits per heavy atom. The van der Waals surface area contributed by atoms with Gasteiger partial charge in [-0.3, -0.25) is 4.79 Å². The zero-order chi connectivity index (χ0) is 15.6. The van der Waals surface area contributed by atoms with Crippen molar-refractivity contribution in [1.82, 2.24) is 10.2 Å². The molecule has 0 radical (unpaired) electrons. The standard InChI is InChI=1S/C14H16BrF3N2O/c1-20-6-2-3-10(20)8-19-13(21)9-4-5-12(15)11(7-9)14(16,17)18/h4-5,7,10H,2-3,6,8H2,1H3,(H,19,21). The molecular formula is C14H16BrF3N2O. The smallest absolute Gasteiger partial charge is 0.350 e. The quantitative estimate of drug-likeness (QED) is 0.892. The number of halogens is 4. The summed E-state index contributed by atoms with van der Waals surface area (Å²) in [6.45, 7) is 1.43. The predicted octanol–water partition coefficient (Wildman–Crippen LogP) is 3.29. The third-order valence-corrected chi connectivity index (χ3v) is 4.40. The predicted molar refractivity (Wildman–Crippen MR) is 77.1 cm³/mol. The molecule has 1 aromatic carbocycles. The van der Waals surface area contributed by atoms with Crippen molar-refractivity contribution in [3.05, 3.63) is 33.8 Å². The summed E-state index contributed by atoms with van der Waals surface area (Å²) in [4.78, 5) is 14.1. The molecule has 1 aliphatic rings. The van der Waals surface area contributed by atoms with Crippen LogP contribution in [0.15, 0.2) is 22.7 Å². The maximum absolute atomic E-state index is 12.8. The number of nitrogens with one attached hydrogen (secondary N) is 1. The molecule has 1 N–H and O–H groups in total. The molecule has 1 aliphatic heterocycles. The van der Waals surface area contributed by atoms with Crippen molar-refractivity contribution >= 4 is 21.8 Å². The molecule has 1 atom stereocenters. The number of carbonyl (C=O) groups is 1. The molecule has 21 heavy (non-hydrogen) atoms. The lowest BCUT2D eigenvalue weighted by molar-refractivity contribution is -0.138. The minimum atomic E-state index is -4.49. The highest BCUT2D eigenvalue weighted by atomic mass is 79.9. The lowest BCUT2D eigenvalue weighted by Gasteiger charge is -2.19. The molecule has 0 aromatic heterocycles. The molecule has 1 fully saturated rings. The lowest BCUT2D eigenvalue weighted by atomic mass is 10.1. The number of hydrogen-bond acceptors (Lipinski definition) is 2. The fourth-order valence-corrected chi connectivity index (χ4v) is 2.90. The second-order valence-electron chi connectivity index (χ2n) is 5.18. The summed E-state index contributed by atoms with van der Waals surface area (Å²) < 4.78 is 38.4. The first kappa shape index (κ1) is 16.3. The van der Waals surface area contributed by atoms with Crippen LogP contribution in [0.3, 0.4) is 0 Å². The number of nitrogens with zero attached hydrogens (tertiary/aromatic N) is 1. The fourth-order valence-electron chi connectivity index (χ4n) is 2.43.